The first kappa shape index (κ1) is 14.0. The zero-order valence-corrected chi connectivity index (χ0v) is 10.7. The Kier molecular flexibility index (Phi) is 4.51. The lowest BCUT2D eigenvalue weighted by Gasteiger charge is -2.22. The second kappa shape index (κ2) is 5.49. The van der Waals surface area contributed by atoms with Gasteiger partial charge in [0.25, 0.3) is 0 Å². The fraction of sp³-hybridized carbons (Fsp3) is 0.417. The highest BCUT2D eigenvalue weighted by Crippen LogP contribution is 2.27. The van der Waals surface area contributed by atoms with Crippen molar-refractivity contribution in [2.45, 2.75) is 25.2 Å². The summed E-state index contributed by atoms with van der Waals surface area (Å²) in [5.41, 5.74) is 5.10. The number of benzene rings is 1. The molecule has 0 saturated heterocycles. The topological polar surface area (TPSA) is 49.9 Å². The van der Waals surface area contributed by atoms with Crippen molar-refractivity contribution in [2.24, 2.45) is 11.1 Å². The van der Waals surface area contributed by atoms with Crippen LogP contribution in [0.25, 0.3) is 0 Å². The highest BCUT2D eigenvalue weighted by atomic mass is 32.2. The van der Waals surface area contributed by atoms with Gasteiger partial charge in [-0.05, 0) is 30.4 Å². The lowest BCUT2D eigenvalue weighted by Crippen LogP contribution is -2.31. The zero-order chi connectivity index (χ0) is 13.1. The predicted molar refractivity (Wildman–Crippen MR) is 67.4 cm³/mol. The molecule has 1 aromatic carbocycles. The highest BCUT2D eigenvalue weighted by Gasteiger charge is 2.21. The molecule has 1 aromatic rings. The molecule has 5 heteroatoms. The standard InChI is InChI=1S/C12H16F2N2S/c1-12(2,11(15)16)5-6-17-8-3-4-9(13)10(14)7-8/h3-4,7H,5-6H2,1-2H3,(H3,15,16). The summed E-state index contributed by atoms with van der Waals surface area (Å²) in [7, 11) is 0. The van der Waals surface area contributed by atoms with Crippen LogP contribution in [0.2, 0.25) is 0 Å². The number of nitrogens with two attached hydrogens (primary N) is 1. The molecule has 0 unspecified atom stereocenters. The van der Waals surface area contributed by atoms with E-state index in [4.69, 9.17) is 11.1 Å². The first-order valence-electron chi connectivity index (χ1n) is 5.25. The summed E-state index contributed by atoms with van der Waals surface area (Å²) in [5.74, 6) is -0.819. The van der Waals surface area contributed by atoms with Crippen LogP contribution >= 0.6 is 11.8 Å². The Morgan fingerprint density at radius 2 is 2.00 bits per heavy atom. The van der Waals surface area contributed by atoms with E-state index < -0.39 is 11.6 Å². The maximum atomic E-state index is 12.9. The summed E-state index contributed by atoms with van der Waals surface area (Å²) in [6.45, 7) is 3.78. The molecule has 0 aromatic heterocycles. The first-order valence-corrected chi connectivity index (χ1v) is 6.24. The molecule has 0 radical (unpaired) electrons. The molecule has 0 aliphatic heterocycles. The Hall–Kier alpha value is -1.10. The molecule has 0 amide bonds. The third-order valence-corrected chi connectivity index (χ3v) is 3.61. The van der Waals surface area contributed by atoms with Crippen LogP contribution < -0.4 is 5.73 Å². The molecule has 0 heterocycles. The Morgan fingerprint density at radius 3 is 2.53 bits per heavy atom. The van der Waals surface area contributed by atoms with Crippen LogP contribution in [0.15, 0.2) is 23.1 Å². The summed E-state index contributed by atoms with van der Waals surface area (Å²) >= 11 is 1.43. The van der Waals surface area contributed by atoms with Gasteiger partial charge in [-0.3, -0.25) is 5.41 Å². The quantitative estimate of drug-likeness (QED) is 0.483. The third-order valence-electron chi connectivity index (χ3n) is 2.62. The van der Waals surface area contributed by atoms with Crippen LogP contribution in [0.5, 0.6) is 0 Å². The van der Waals surface area contributed by atoms with Crippen molar-refractivity contribution in [3.63, 3.8) is 0 Å². The van der Waals surface area contributed by atoms with E-state index in [1.165, 1.54) is 17.8 Å². The van der Waals surface area contributed by atoms with E-state index in [1.54, 1.807) is 6.07 Å². The van der Waals surface area contributed by atoms with Crippen molar-refractivity contribution in [3.8, 4) is 0 Å². The van der Waals surface area contributed by atoms with Gasteiger partial charge in [-0.2, -0.15) is 0 Å². The zero-order valence-electron chi connectivity index (χ0n) is 9.89. The second-order valence-electron chi connectivity index (χ2n) is 4.47. The number of hydrogen-bond acceptors (Lipinski definition) is 2. The van der Waals surface area contributed by atoms with E-state index in [0.29, 0.717) is 17.1 Å². The van der Waals surface area contributed by atoms with Gasteiger partial charge < -0.3 is 5.73 Å². The minimum absolute atomic E-state index is 0.142. The number of amidine groups is 1. The van der Waals surface area contributed by atoms with Gasteiger partial charge in [0.05, 0.1) is 5.84 Å². The van der Waals surface area contributed by atoms with Crippen molar-refractivity contribution in [1.29, 1.82) is 5.41 Å². The van der Waals surface area contributed by atoms with Crippen molar-refractivity contribution < 1.29 is 8.78 Å². The molecule has 0 fully saturated rings. The molecular weight excluding hydrogens is 242 g/mol. The Morgan fingerprint density at radius 1 is 1.35 bits per heavy atom. The van der Waals surface area contributed by atoms with Gasteiger partial charge in [0.1, 0.15) is 0 Å². The molecule has 1 rings (SSSR count). The van der Waals surface area contributed by atoms with Gasteiger partial charge in [-0.25, -0.2) is 8.78 Å². The molecular formula is C12H16F2N2S. The summed E-state index contributed by atoms with van der Waals surface area (Å²) in [4.78, 5) is 0.684. The van der Waals surface area contributed by atoms with E-state index in [1.807, 2.05) is 13.8 Å². The SMILES string of the molecule is CC(C)(CCSc1ccc(F)c(F)c1)C(=N)N. The van der Waals surface area contributed by atoms with Crippen LogP contribution in [0.1, 0.15) is 20.3 Å². The minimum Gasteiger partial charge on any atom is -0.387 e. The normalized spacial score (nSPS) is 11.5. The fourth-order valence-electron chi connectivity index (χ4n) is 1.13. The molecule has 0 saturated carbocycles. The van der Waals surface area contributed by atoms with Crippen LogP contribution in [-0.2, 0) is 0 Å². The lowest BCUT2D eigenvalue weighted by atomic mass is 9.89. The van der Waals surface area contributed by atoms with E-state index in [9.17, 15) is 8.78 Å². The van der Waals surface area contributed by atoms with E-state index in [-0.39, 0.29) is 11.3 Å². The molecule has 94 valence electrons. The van der Waals surface area contributed by atoms with Gasteiger partial charge in [-0.1, -0.05) is 13.8 Å². The van der Waals surface area contributed by atoms with Gasteiger partial charge in [0, 0.05) is 10.3 Å². The Labute approximate surface area is 104 Å². The number of hydrogen-bond donors (Lipinski definition) is 2. The van der Waals surface area contributed by atoms with Crippen LogP contribution in [-0.4, -0.2) is 11.6 Å². The summed E-state index contributed by atoms with van der Waals surface area (Å²) in [5, 5.41) is 7.40. The van der Waals surface area contributed by atoms with Gasteiger partial charge in [0.2, 0.25) is 0 Å². The maximum absolute atomic E-state index is 12.9. The van der Waals surface area contributed by atoms with Crippen molar-refractivity contribution in [1.82, 2.24) is 0 Å². The second-order valence-corrected chi connectivity index (χ2v) is 5.64. The monoisotopic (exact) mass is 258 g/mol. The van der Waals surface area contributed by atoms with Crippen molar-refractivity contribution in [3.05, 3.63) is 29.8 Å². The molecule has 0 aliphatic rings. The number of thioether (sulfide) groups is 1. The summed E-state index contributed by atoms with van der Waals surface area (Å²) in [6, 6.07) is 3.85. The molecule has 2 nitrogen and oxygen atoms in total. The molecule has 3 N–H and O–H groups in total. The summed E-state index contributed by atoms with van der Waals surface area (Å²) < 4.78 is 25.6. The van der Waals surface area contributed by atoms with Gasteiger partial charge in [0.15, 0.2) is 11.6 Å². The van der Waals surface area contributed by atoms with Crippen molar-refractivity contribution >= 4 is 17.6 Å². The average molecular weight is 258 g/mol. The van der Waals surface area contributed by atoms with E-state index in [2.05, 4.69) is 0 Å². The Bertz CT molecular complexity index is 419. The molecule has 0 atom stereocenters. The average Bonchev–Trinajstić information content (AvgIpc) is 2.23. The van der Waals surface area contributed by atoms with Crippen LogP contribution in [0, 0.1) is 22.5 Å². The Balaban J connectivity index is 2.51. The summed E-state index contributed by atoms with van der Waals surface area (Å²) in [6.07, 6.45) is 0.714. The van der Waals surface area contributed by atoms with E-state index >= 15 is 0 Å². The molecule has 0 bridgehead atoms. The van der Waals surface area contributed by atoms with Crippen LogP contribution in [0.4, 0.5) is 8.78 Å². The smallest absolute Gasteiger partial charge is 0.159 e. The molecule has 17 heavy (non-hydrogen) atoms. The van der Waals surface area contributed by atoms with Gasteiger partial charge in [-0.15, -0.1) is 11.8 Å². The number of halogens is 2. The molecule has 0 aliphatic carbocycles. The van der Waals surface area contributed by atoms with E-state index in [0.717, 1.165) is 6.07 Å². The number of nitrogens with one attached hydrogen (secondary N) is 1. The lowest BCUT2D eigenvalue weighted by molar-refractivity contribution is 0.499. The minimum atomic E-state index is -0.835. The van der Waals surface area contributed by atoms with Gasteiger partial charge >= 0.3 is 0 Å². The number of rotatable bonds is 5. The fourth-order valence-corrected chi connectivity index (χ4v) is 2.32. The third kappa shape index (κ3) is 4.00. The maximum Gasteiger partial charge on any atom is 0.159 e. The molecule has 0 spiro atoms. The highest BCUT2D eigenvalue weighted by molar-refractivity contribution is 7.99. The van der Waals surface area contributed by atoms with Crippen molar-refractivity contribution in [2.75, 3.05) is 5.75 Å². The largest absolute Gasteiger partial charge is 0.387 e. The predicted octanol–water partition coefficient (Wildman–Crippen LogP) is 3.41. The van der Waals surface area contributed by atoms with Crippen LogP contribution in [0.3, 0.4) is 0 Å². The first-order chi connectivity index (χ1) is 7.83.